The summed E-state index contributed by atoms with van der Waals surface area (Å²) in [7, 11) is 2.08. The molecule has 0 bridgehead atoms. The smallest absolute Gasteiger partial charge is 0.189 e. The van der Waals surface area contributed by atoms with Gasteiger partial charge in [-0.2, -0.15) is 18.2 Å². The van der Waals surface area contributed by atoms with E-state index in [4.69, 9.17) is 0 Å². The second kappa shape index (κ2) is 5.44. The quantitative estimate of drug-likeness (QED) is 0.385. The van der Waals surface area contributed by atoms with E-state index in [1.54, 1.807) is 0 Å². The number of hydrogen-bond acceptors (Lipinski definition) is 0. The molecule has 3 aromatic carbocycles. The molecule has 0 saturated heterocycles. The molecule has 1 heterocycles. The molecule has 21 heavy (non-hydrogen) atoms. The van der Waals surface area contributed by atoms with Crippen molar-refractivity contribution in [1.29, 1.82) is 0 Å². The maximum absolute atomic E-state index is 3.29. The molecule has 3 heteroatoms. The Kier molecular flexibility index (Phi) is 3.62. The summed E-state index contributed by atoms with van der Waals surface area (Å²) in [5, 5.41) is 2.53. The van der Waals surface area contributed by atoms with Crippen LogP contribution in [-0.2, 0) is 27.2 Å². The molecule has 0 spiro atoms. The Morgan fingerprint density at radius 1 is 0.905 bits per heavy atom. The first-order valence-electron chi connectivity index (χ1n) is 6.69. The molecule has 0 aliphatic rings. The second-order valence-electron chi connectivity index (χ2n) is 5.03. The summed E-state index contributed by atoms with van der Waals surface area (Å²) in [6, 6.07) is 24.3. The predicted octanol–water partition coefficient (Wildman–Crippen LogP) is 4.20. The van der Waals surface area contributed by atoms with Crippen molar-refractivity contribution in [3.8, 4) is 5.69 Å². The van der Waals surface area contributed by atoms with Crippen molar-refractivity contribution >= 4 is 21.8 Å². The Hall–Kier alpha value is -1.96. The third-order valence-electron chi connectivity index (χ3n) is 3.72. The fraction of sp³-hybridized carbons (Fsp3) is 0.0556. The molecule has 1 aromatic heterocycles. The topological polar surface area (TPSA) is 9.86 Å². The van der Waals surface area contributed by atoms with Crippen LogP contribution in [0.1, 0.15) is 0 Å². The summed E-state index contributed by atoms with van der Waals surface area (Å²) >= 11 is 0. The number of aromatic nitrogens is 2. The van der Waals surface area contributed by atoms with Crippen LogP contribution in [0.25, 0.3) is 27.5 Å². The molecule has 0 unspecified atom stereocenters. The van der Waals surface area contributed by atoms with Crippen molar-refractivity contribution in [2.24, 2.45) is 7.05 Å². The minimum absolute atomic E-state index is 0. The van der Waals surface area contributed by atoms with Crippen LogP contribution in [0.3, 0.4) is 0 Å². The van der Waals surface area contributed by atoms with Crippen LogP contribution in [0.4, 0.5) is 0 Å². The van der Waals surface area contributed by atoms with Crippen molar-refractivity contribution in [3.63, 3.8) is 0 Å². The average Bonchev–Trinajstić information content (AvgIpc) is 2.83. The molecule has 0 atom stereocenters. The van der Waals surface area contributed by atoms with Gasteiger partial charge in [-0.25, -0.2) is 9.13 Å². The summed E-state index contributed by atoms with van der Waals surface area (Å²) in [4.78, 5) is 0. The molecule has 0 aliphatic heterocycles. The van der Waals surface area contributed by atoms with Gasteiger partial charge in [-0.1, -0.05) is 24.3 Å². The molecule has 0 saturated carbocycles. The number of fused-ring (bicyclic) bond motifs is 2. The van der Waals surface area contributed by atoms with Crippen LogP contribution < -0.4 is 0 Å². The SMILES string of the molecule is Cn1[cH+]n(-c2[c-]cccc2)c2cc3ccccc3cc21.[Ir]. The molecule has 0 aliphatic carbocycles. The van der Waals surface area contributed by atoms with Gasteiger partial charge in [-0.15, -0.1) is 12.1 Å². The first-order valence-corrected chi connectivity index (χ1v) is 6.69. The average molecular weight is 451 g/mol. The van der Waals surface area contributed by atoms with Gasteiger partial charge in [0.1, 0.15) is 0 Å². The number of aryl methyl sites for hydroxylation is 1. The molecule has 2 nitrogen and oxygen atoms in total. The molecule has 0 amide bonds. The number of hydrogen-bond donors (Lipinski definition) is 0. The number of imidazole rings is 1. The minimum Gasteiger partial charge on any atom is -0.248 e. The normalized spacial score (nSPS) is 10.7. The van der Waals surface area contributed by atoms with E-state index in [9.17, 15) is 0 Å². The summed E-state index contributed by atoms with van der Waals surface area (Å²) in [5.41, 5.74) is 3.49. The Bertz CT molecular complexity index is 910. The van der Waals surface area contributed by atoms with Gasteiger partial charge in [0.15, 0.2) is 17.4 Å². The van der Waals surface area contributed by atoms with Gasteiger partial charge in [-0.05, 0) is 10.8 Å². The molecule has 105 valence electrons. The largest absolute Gasteiger partial charge is 0.248 e. The maximum atomic E-state index is 3.29. The second-order valence-corrected chi connectivity index (χ2v) is 5.03. The van der Waals surface area contributed by atoms with Crippen LogP contribution in [0.15, 0.2) is 67.0 Å². The van der Waals surface area contributed by atoms with Gasteiger partial charge in [0.2, 0.25) is 0 Å². The fourth-order valence-electron chi connectivity index (χ4n) is 2.71. The summed E-state index contributed by atoms with van der Waals surface area (Å²) in [6.07, 6.45) is 2.11. The van der Waals surface area contributed by atoms with Crippen molar-refractivity contribution in [2.75, 3.05) is 0 Å². The zero-order valence-electron chi connectivity index (χ0n) is 11.6. The van der Waals surface area contributed by atoms with E-state index in [2.05, 4.69) is 71.0 Å². The third-order valence-corrected chi connectivity index (χ3v) is 3.72. The van der Waals surface area contributed by atoms with Gasteiger partial charge in [0, 0.05) is 45.0 Å². The molecular weight excluding hydrogens is 436 g/mol. The Balaban J connectivity index is 0.00000132. The van der Waals surface area contributed by atoms with Crippen molar-refractivity contribution in [3.05, 3.63) is 73.1 Å². The monoisotopic (exact) mass is 451 g/mol. The zero-order valence-corrected chi connectivity index (χ0v) is 14.0. The van der Waals surface area contributed by atoms with E-state index in [1.165, 1.54) is 21.8 Å². The number of nitrogens with zero attached hydrogens (tertiary/aromatic N) is 2. The predicted molar refractivity (Wildman–Crippen MR) is 83.0 cm³/mol. The van der Waals surface area contributed by atoms with E-state index >= 15 is 0 Å². The van der Waals surface area contributed by atoms with E-state index in [0.29, 0.717) is 0 Å². The summed E-state index contributed by atoms with van der Waals surface area (Å²) < 4.78 is 4.34. The standard InChI is InChI=1S/C18H14N2.Ir/c1-19-13-20(16-9-3-2-4-10-16)18-12-15-8-6-5-7-14(15)11-17(18)19;/h2-9,11-13H,1H3;. The number of para-hydroxylation sites is 1. The van der Waals surface area contributed by atoms with Crippen molar-refractivity contribution in [1.82, 2.24) is 9.13 Å². The molecule has 1 radical (unpaired) electrons. The van der Waals surface area contributed by atoms with Crippen molar-refractivity contribution < 1.29 is 20.1 Å². The van der Waals surface area contributed by atoms with Gasteiger partial charge in [0.25, 0.3) is 0 Å². The van der Waals surface area contributed by atoms with Crippen LogP contribution in [0.5, 0.6) is 0 Å². The van der Waals surface area contributed by atoms with E-state index < -0.39 is 0 Å². The number of rotatable bonds is 1. The Morgan fingerprint density at radius 2 is 1.57 bits per heavy atom. The van der Waals surface area contributed by atoms with Crippen molar-refractivity contribution in [2.45, 2.75) is 0 Å². The maximum Gasteiger partial charge on any atom is 0.189 e. The molecule has 0 fully saturated rings. The van der Waals surface area contributed by atoms with Crippen LogP contribution in [0.2, 0.25) is 0 Å². The molecular formula is C18H14IrN2. The Labute approximate surface area is 137 Å². The molecule has 4 rings (SSSR count). The van der Waals surface area contributed by atoms with Gasteiger partial charge >= 0.3 is 0 Å². The summed E-state index contributed by atoms with van der Waals surface area (Å²) in [5.74, 6) is 0. The first-order chi connectivity index (χ1) is 9.83. The van der Waals surface area contributed by atoms with Gasteiger partial charge < -0.3 is 0 Å². The van der Waals surface area contributed by atoms with Crippen LogP contribution >= 0.6 is 0 Å². The fourth-order valence-corrected chi connectivity index (χ4v) is 2.71. The Morgan fingerprint density at radius 3 is 2.24 bits per heavy atom. The van der Waals surface area contributed by atoms with E-state index in [1.807, 2.05) is 18.2 Å². The zero-order chi connectivity index (χ0) is 13.5. The molecule has 4 aromatic rings. The van der Waals surface area contributed by atoms with Crippen LogP contribution in [0, 0.1) is 6.07 Å². The minimum atomic E-state index is 0. The van der Waals surface area contributed by atoms with Crippen LogP contribution in [-0.4, -0.2) is 9.13 Å². The van der Waals surface area contributed by atoms with Gasteiger partial charge in [0.05, 0.1) is 0 Å². The summed E-state index contributed by atoms with van der Waals surface area (Å²) in [6.45, 7) is 0. The van der Waals surface area contributed by atoms with E-state index in [0.717, 1.165) is 5.69 Å². The van der Waals surface area contributed by atoms with Gasteiger partial charge in [-0.3, -0.25) is 0 Å². The number of benzene rings is 3. The third kappa shape index (κ3) is 2.29. The van der Waals surface area contributed by atoms with E-state index in [-0.39, 0.29) is 20.1 Å². The first kappa shape index (κ1) is 14.0. The molecule has 0 N–H and O–H groups in total.